The number of nitrogen functional groups attached to an aromatic ring is 1. The van der Waals surface area contributed by atoms with E-state index in [4.69, 9.17) is 11.5 Å². The minimum absolute atomic E-state index is 0.116. The van der Waals surface area contributed by atoms with Crippen molar-refractivity contribution < 1.29 is 4.79 Å². The van der Waals surface area contributed by atoms with Crippen LogP contribution in [0.25, 0.3) is 0 Å². The second-order valence-corrected chi connectivity index (χ2v) is 4.70. The van der Waals surface area contributed by atoms with Gasteiger partial charge in [0.2, 0.25) is 5.91 Å². The Morgan fingerprint density at radius 1 is 1.25 bits per heavy atom. The van der Waals surface area contributed by atoms with Gasteiger partial charge in [-0.1, -0.05) is 18.2 Å². The zero-order valence-electron chi connectivity index (χ0n) is 11.4. The van der Waals surface area contributed by atoms with Crippen LogP contribution in [0.3, 0.4) is 0 Å². The number of nitrogens with two attached hydrogens (primary N) is 2. The molecule has 2 rings (SSSR count). The third-order valence-electron chi connectivity index (χ3n) is 2.87. The summed E-state index contributed by atoms with van der Waals surface area (Å²) in [5, 5.41) is 0. The van der Waals surface area contributed by atoms with Crippen LogP contribution >= 0.6 is 0 Å². The fourth-order valence-corrected chi connectivity index (χ4v) is 2.02. The van der Waals surface area contributed by atoms with Crippen molar-refractivity contribution in [3.05, 3.63) is 53.7 Å². The molecule has 0 unspecified atom stereocenters. The monoisotopic (exact) mass is 270 g/mol. The maximum atomic E-state index is 11.3. The van der Waals surface area contributed by atoms with E-state index in [0.717, 1.165) is 17.1 Å². The number of benzene rings is 1. The summed E-state index contributed by atoms with van der Waals surface area (Å²) in [5.41, 5.74) is 13.7. The molecule has 4 N–H and O–H groups in total. The van der Waals surface area contributed by atoms with Crippen LogP contribution < -0.4 is 16.4 Å². The van der Waals surface area contributed by atoms with Gasteiger partial charge in [-0.25, -0.2) is 4.98 Å². The van der Waals surface area contributed by atoms with Crippen LogP contribution in [-0.2, 0) is 11.3 Å². The number of carbonyl (C=O) groups excluding carboxylic acids is 1. The standard InChI is InChI=1S/C15H18N4O/c1-11-4-2-7-15(18-11)19(10-14(17)20)9-12-5-3-6-13(16)8-12/h2-8H,9-10,16H2,1H3,(H2,17,20). The lowest BCUT2D eigenvalue weighted by molar-refractivity contribution is -0.116. The van der Waals surface area contributed by atoms with Gasteiger partial charge in [-0.05, 0) is 36.8 Å². The molecule has 1 aromatic heterocycles. The predicted octanol–water partition coefficient (Wildman–Crippen LogP) is 1.46. The molecular weight excluding hydrogens is 252 g/mol. The first-order valence-electron chi connectivity index (χ1n) is 6.36. The SMILES string of the molecule is Cc1cccc(N(CC(N)=O)Cc2cccc(N)c2)n1. The van der Waals surface area contributed by atoms with Crippen molar-refractivity contribution in [1.29, 1.82) is 0 Å². The molecule has 0 fully saturated rings. The second kappa shape index (κ2) is 6.06. The Morgan fingerprint density at radius 2 is 2.00 bits per heavy atom. The van der Waals surface area contributed by atoms with Crippen LogP contribution in [-0.4, -0.2) is 17.4 Å². The molecule has 20 heavy (non-hydrogen) atoms. The number of anilines is 2. The normalized spacial score (nSPS) is 10.2. The van der Waals surface area contributed by atoms with E-state index in [9.17, 15) is 4.79 Å². The molecule has 0 aliphatic heterocycles. The Labute approximate surface area is 118 Å². The zero-order valence-corrected chi connectivity index (χ0v) is 11.4. The van der Waals surface area contributed by atoms with Crippen molar-refractivity contribution in [2.24, 2.45) is 5.73 Å². The van der Waals surface area contributed by atoms with Gasteiger partial charge < -0.3 is 16.4 Å². The zero-order chi connectivity index (χ0) is 14.5. The number of aromatic nitrogens is 1. The van der Waals surface area contributed by atoms with E-state index in [0.29, 0.717) is 12.2 Å². The highest BCUT2D eigenvalue weighted by atomic mass is 16.1. The molecule has 1 amide bonds. The Morgan fingerprint density at radius 3 is 2.65 bits per heavy atom. The molecule has 2 aromatic rings. The summed E-state index contributed by atoms with van der Waals surface area (Å²) in [7, 11) is 0. The maximum Gasteiger partial charge on any atom is 0.237 e. The molecular formula is C15H18N4O. The van der Waals surface area contributed by atoms with Crippen LogP contribution in [0.2, 0.25) is 0 Å². The van der Waals surface area contributed by atoms with E-state index in [1.807, 2.05) is 54.3 Å². The van der Waals surface area contributed by atoms with E-state index >= 15 is 0 Å². The first-order chi connectivity index (χ1) is 9.54. The quantitative estimate of drug-likeness (QED) is 0.805. The van der Waals surface area contributed by atoms with Crippen LogP contribution in [0.1, 0.15) is 11.3 Å². The first kappa shape index (κ1) is 13.9. The third kappa shape index (κ3) is 3.71. The van der Waals surface area contributed by atoms with Crippen LogP contribution in [0.15, 0.2) is 42.5 Å². The second-order valence-electron chi connectivity index (χ2n) is 4.70. The summed E-state index contributed by atoms with van der Waals surface area (Å²) in [6, 6.07) is 13.2. The van der Waals surface area contributed by atoms with Gasteiger partial charge in [0.1, 0.15) is 5.82 Å². The van der Waals surface area contributed by atoms with Crippen molar-refractivity contribution in [3.63, 3.8) is 0 Å². The van der Waals surface area contributed by atoms with Crippen LogP contribution in [0.4, 0.5) is 11.5 Å². The summed E-state index contributed by atoms with van der Waals surface area (Å²) in [6.45, 7) is 2.56. The molecule has 5 nitrogen and oxygen atoms in total. The Hall–Kier alpha value is -2.56. The predicted molar refractivity (Wildman–Crippen MR) is 80.1 cm³/mol. The minimum Gasteiger partial charge on any atom is -0.399 e. The van der Waals surface area contributed by atoms with Gasteiger partial charge in [-0.2, -0.15) is 0 Å². The lowest BCUT2D eigenvalue weighted by atomic mass is 10.2. The van der Waals surface area contributed by atoms with E-state index in [-0.39, 0.29) is 6.54 Å². The summed E-state index contributed by atoms with van der Waals surface area (Å²) < 4.78 is 0. The fraction of sp³-hybridized carbons (Fsp3) is 0.200. The highest BCUT2D eigenvalue weighted by molar-refractivity contribution is 5.79. The molecule has 1 heterocycles. The van der Waals surface area contributed by atoms with Gasteiger partial charge in [0.05, 0.1) is 6.54 Å². The minimum atomic E-state index is -0.391. The third-order valence-corrected chi connectivity index (χ3v) is 2.87. The lowest BCUT2D eigenvalue weighted by Crippen LogP contribution is -2.34. The number of hydrogen-bond donors (Lipinski definition) is 2. The lowest BCUT2D eigenvalue weighted by Gasteiger charge is -2.22. The smallest absolute Gasteiger partial charge is 0.237 e. The molecule has 0 radical (unpaired) electrons. The number of aryl methyl sites for hydroxylation is 1. The number of pyridine rings is 1. The molecule has 1 aromatic carbocycles. The van der Waals surface area contributed by atoms with Gasteiger partial charge in [0, 0.05) is 17.9 Å². The van der Waals surface area contributed by atoms with Gasteiger partial charge in [-0.15, -0.1) is 0 Å². The molecule has 0 bridgehead atoms. The maximum absolute atomic E-state index is 11.3. The Bertz CT molecular complexity index is 612. The molecule has 0 spiro atoms. The van der Waals surface area contributed by atoms with Crippen molar-refractivity contribution >= 4 is 17.4 Å². The van der Waals surface area contributed by atoms with Gasteiger partial charge in [-0.3, -0.25) is 4.79 Å². The van der Waals surface area contributed by atoms with E-state index < -0.39 is 5.91 Å². The number of amides is 1. The van der Waals surface area contributed by atoms with Gasteiger partial charge in [0.15, 0.2) is 0 Å². The van der Waals surface area contributed by atoms with Crippen molar-refractivity contribution in [2.75, 3.05) is 17.2 Å². The number of primary amides is 1. The fourth-order valence-electron chi connectivity index (χ4n) is 2.02. The van der Waals surface area contributed by atoms with Crippen molar-refractivity contribution in [1.82, 2.24) is 4.98 Å². The average molecular weight is 270 g/mol. The summed E-state index contributed by atoms with van der Waals surface area (Å²) in [5.74, 6) is 0.337. The molecule has 0 saturated carbocycles. The van der Waals surface area contributed by atoms with Gasteiger partial charge in [0.25, 0.3) is 0 Å². The highest BCUT2D eigenvalue weighted by Crippen LogP contribution is 2.16. The Kier molecular flexibility index (Phi) is 4.20. The van der Waals surface area contributed by atoms with E-state index in [1.54, 1.807) is 0 Å². The van der Waals surface area contributed by atoms with Crippen LogP contribution in [0.5, 0.6) is 0 Å². The van der Waals surface area contributed by atoms with Crippen molar-refractivity contribution in [2.45, 2.75) is 13.5 Å². The number of carbonyl (C=O) groups is 1. The van der Waals surface area contributed by atoms with Crippen LogP contribution in [0, 0.1) is 6.92 Å². The molecule has 5 heteroatoms. The molecule has 104 valence electrons. The summed E-state index contributed by atoms with van der Waals surface area (Å²) in [4.78, 5) is 17.5. The largest absolute Gasteiger partial charge is 0.399 e. The number of hydrogen-bond acceptors (Lipinski definition) is 4. The topological polar surface area (TPSA) is 85.2 Å². The van der Waals surface area contributed by atoms with Crippen molar-refractivity contribution in [3.8, 4) is 0 Å². The average Bonchev–Trinajstić information content (AvgIpc) is 2.37. The van der Waals surface area contributed by atoms with E-state index in [2.05, 4.69) is 4.98 Å². The first-order valence-corrected chi connectivity index (χ1v) is 6.36. The molecule has 0 aliphatic rings. The number of nitrogens with zero attached hydrogens (tertiary/aromatic N) is 2. The Balaban J connectivity index is 2.26. The van der Waals surface area contributed by atoms with E-state index in [1.165, 1.54) is 0 Å². The van der Waals surface area contributed by atoms with Gasteiger partial charge >= 0.3 is 0 Å². The summed E-state index contributed by atoms with van der Waals surface area (Å²) in [6.07, 6.45) is 0. The summed E-state index contributed by atoms with van der Waals surface area (Å²) >= 11 is 0. The highest BCUT2D eigenvalue weighted by Gasteiger charge is 2.11. The molecule has 0 saturated heterocycles. The molecule has 0 aliphatic carbocycles. The molecule has 0 atom stereocenters. The number of rotatable bonds is 5.